The van der Waals surface area contributed by atoms with Crippen molar-refractivity contribution in [1.82, 2.24) is 15.1 Å². The Bertz CT molecular complexity index is 181. The molecule has 0 unspecified atom stereocenters. The molecule has 0 aromatic carbocycles. The van der Waals surface area contributed by atoms with Gasteiger partial charge in [-0.05, 0) is 45.8 Å². The van der Waals surface area contributed by atoms with E-state index in [0.29, 0.717) is 0 Å². The van der Waals surface area contributed by atoms with Crippen LogP contribution in [0.15, 0.2) is 0 Å². The van der Waals surface area contributed by atoms with Crippen molar-refractivity contribution in [3.63, 3.8) is 0 Å². The van der Waals surface area contributed by atoms with Crippen LogP contribution >= 0.6 is 0 Å². The zero-order chi connectivity index (χ0) is 10.7. The quantitative estimate of drug-likeness (QED) is 0.722. The molecule has 2 aliphatic rings. The van der Waals surface area contributed by atoms with Gasteiger partial charge < -0.3 is 10.2 Å². The SMILES string of the molecule is C[C@H](C1CCNCC1)N1CCN(C)CC1. The summed E-state index contributed by atoms with van der Waals surface area (Å²) in [5.41, 5.74) is 0. The Morgan fingerprint density at radius 2 is 1.67 bits per heavy atom. The van der Waals surface area contributed by atoms with Crippen molar-refractivity contribution >= 4 is 0 Å². The maximum absolute atomic E-state index is 3.45. The van der Waals surface area contributed by atoms with E-state index < -0.39 is 0 Å². The van der Waals surface area contributed by atoms with E-state index in [4.69, 9.17) is 0 Å². The summed E-state index contributed by atoms with van der Waals surface area (Å²) in [7, 11) is 2.23. The van der Waals surface area contributed by atoms with Crippen LogP contribution in [0, 0.1) is 5.92 Å². The van der Waals surface area contributed by atoms with Crippen LogP contribution in [0.25, 0.3) is 0 Å². The summed E-state index contributed by atoms with van der Waals surface area (Å²) in [6, 6.07) is 0.792. The maximum Gasteiger partial charge on any atom is 0.0113 e. The van der Waals surface area contributed by atoms with Gasteiger partial charge in [0.05, 0.1) is 0 Å². The number of nitrogens with one attached hydrogen (secondary N) is 1. The first-order valence-corrected chi connectivity index (χ1v) is 6.40. The molecule has 2 fully saturated rings. The Labute approximate surface area is 93.8 Å². The normalized spacial score (nSPS) is 29.2. The van der Waals surface area contributed by atoms with Crippen molar-refractivity contribution in [2.75, 3.05) is 46.3 Å². The molecular formula is C12H25N3. The van der Waals surface area contributed by atoms with E-state index in [2.05, 4.69) is 29.1 Å². The van der Waals surface area contributed by atoms with Crippen LogP contribution < -0.4 is 5.32 Å². The Hall–Kier alpha value is -0.120. The van der Waals surface area contributed by atoms with Gasteiger partial charge in [-0.25, -0.2) is 0 Å². The van der Waals surface area contributed by atoms with Crippen molar-refractivity contribution in [2.24, 2.45) is 5.92 Å². The van der Waals surface area contributed by atoms with Gasteiger partial charge in [-0.3, -0.25) is 4.90 Å². The number of nitrogens with zero attached hydrogens (tertiary/aromatic N) is 2. The Balaban J connectivity index is 1.81. The van der Waals surface area contributed by atoms with Gasteiger partial charge in [0.1, 0.15) is 0 Å². The molecule has 2 aliphatic heterocycles. The van der Waals surface area contributed by atoms with Crippen LogP contribution in [0.5, 0.6) is 0 Å². The predicted molar refractivity (Wildman–Crippen MR) is 64.1 cm³/mol. The highest BCUT2D eigenvalue weighted by atomic mass is 15.3. The molecule has 2 saturated heterocycles. The Morgan fingerprint density at radius 1 is 1.07 bits per heavy atom. The second-order valence-corrected chi connectivity index (χ2v) is 5.17. The Morgan fingerprint density at radius 3 is 2.27 bits per heavy atom. The second-order valence-electron chi connectivity index (χ2n) is 5.17. The van der Waals surface area contributed by atoms with Gasteiger partial charge in [0.25, 0.3) is 0 Å². The summed E-state index contributed by atoms with van der Waals surface area (Å²) in [5, 5.41) is 3.45. The molecule has 0 saturated carbocycles. The summed E-state index contributed by atoms with van der Waals surface area (Å²) < 4.78 is 0. The number of likely N-dealkylation sites (N-methyl/N-ethyl adjacent to an activating group) is 1. The zero-order valence-corrected chi connectivity index (χ0v) is 10.2. The minimum Gasteiger partial charge on any atom is -0.317 e. The van der Waals surface area contributed by atoms with Crippen LogP contribution in [0.1, 0.15) is 19.8 Å². The first-order valence-electron chi connectivity index (χ1n) is 6.40. The number of piperidine rings is 1. The van der Waals surface area contributed by atoms with Crippen molar-refractivity contribution in [1.29, 1.82) is 0 Å². The van der Waals surface area contributed by atoms with Gasteiger partial charge in [0, 0.05) is 32.2 Å². The molecule has 3 heteroatoms. The first-order chi connectivity index (χ1) is 7.27. The molecular weight excluding hydrogens is 186 g/mol. The lowest BCUT2D eigenvalue weighted by Crippen LogP contribution is -2.51. The molecule has 15 heavy (non-hydrogen) atoms. The van der Waals surface area contributed by atoms with Gasteiger partial charge in [-0.1, -0.05) is 0 Å². The predicted octanol–water partition coefficient (Wildman–Crippen LogP) is 0.622. The van der Waals surface area contributed by atoms with E-state index >= 15 is 0 Å². The van der Waals surface area contributed by atoms with E-state index in [-0.39, 0.29) is 0 Å². The monoisotopic (exact) mass is 211 g/mol. The van der Waals surface area contributed by atoms with Crippen molar-refractivity contribution < 1.29 is 0 Å². The summed E-state index contributed by atoms with van der Waals surface area (Å²) in [6.45, 7) is 9.90. The van der Waals surface area contributed by atoms with Crippen molar-refractivity contribution in [3.8, 4) is 0 Å². The van der Waals surface area contributed by atoms with Crippen LogP contribution in [0.2, 0.25) is 0 Å². The molecule has 0 radical (unpaired) electrons. The van der Waals surface area contributed by atoms with Gasteiger partial charge in [0.2, 0.25) is 0 Å². The molecule has 0 aromatic rings. The molecule has 2 heterocycles. The number of hydrogen-bond donors (Lipinski definition) is 1. The molecule has 0 bridgehead atoms. The fraction of sp³-hybridized carbons (Fsp3) is 1.00. The average molecular weight is 211 g/mol. The highest BCUT2D eigenvalue weighted by Crippen LogP contribution is 2.21. The highest BCUT2D eigenvalue weighted by Gasteiger charge is 2.26. The summed E-state index contributed by atoms with van der Waals surface area (Å²) in [5.74, 6) is 0.926. The van der Waals surface area contributed by atoms with Gasteiger partial charge in [-0.2, -0.15) is 0 Å². The molecule has 0 aliphatic carbocycles. The molecule has 2 rings (SSSR count). The molecule has 0 amide bonds. The van der Waals surface area contributed by atoms with E-state index in [1.54, 1.807) is 0 Å². The molecule has 0 aromatic heterocycles. The van der Waals surface area contributed by atoms with Gasteiger partial charge in [-0.15, -0.1) is 0 Å². The first kappa shape index (κ1) is 11.4. The van der Waals surface area contributed by atoms with Crippen LogP contribution in [-0.4, -0.2) is 62.2 Å². The maximum atomic E-state index is 3.45. The highest BCUT2D eigenvalue weighted by molar-refractivity contribution is 4.82. The van der Waals surface area contributed by atoms with Crippen LogP contribution in [0.3, 0.4) is 0 Å². The third kappa shape index (κ3) is 2.92. The summed E-state index contributed by atoms with van der Waals surface area (Å²) in [6.07, 6.45) is 2.74. The summed E-state index contributed by atoms with van der Waals surface area (Å²) in [4.78, 5) is 5.13. The van der Waals surface area contributed by atoms with E-state index in [1.165, 1.54) is 52.1 Å². The number of rotatable bonds is 2. The van der Waals surface area contributed by atoms with Crippen molar-refractivity contribution in [2.45, 2.75) is 25.8 Å². The molecule has 88 valence electrons. The minimum absolute atomic E-state index is 0.792. The average Bonchev–Trinajstić information content (AvgIpc) is 2.30. The van der Waals surface area contributed by atoms with Crippen LogP contribution in [-0.2, 0) is 0 Å². The molecule has 1 N–H and O–H groups in total. The fourth-order valence-electron chi connectivity index (χ4n) is 2.85. The molecule has 1 atom stereocenters. The topological polar surface area (TPSA) is 18.5 Å². The number of piperazine rings is 1. The third-order valence-corrected chi connectivity index (χ3v) is 4.18. The third-order valence-electron chi connectivity index (χ3n) is 4.18. The smallest absolute Gasteiger partial charge is 0.0113 e. The molecule has 3 nitrogen and oxygen atoms in total. The lowest BCUT2D eigenvalue weighted by atomic mass is 9.90. The lowest BCUT2D eigenvalue weighted by Gasteiger charge is -2.41. The lowest BCUT2D eigenvalue weighted by molar-refractivity contribution is 0.0793. The van der Waals surface area contributed by atoms with Crippen molar-refractivity contribution in [3.05, 3.63) is 0 Å². The van der Waals surface area contributed by atoms with Crippen LogP contribution in [0.4, 0.5) is 0 Å². The zero-order valence-electron chi connectivity index (χ0n) is 10.2. The fourth-order valence-corrected chi connectivity index (χ4v) is 2.85. The summed E-state index contributed by atoms with van der Waals surface area (Å²) >= 11 is 0. The minimum atomic E-state index is 0.792. The van der Waals surface area contributed by atoms with E-state index in [9.17, 15) is 0 Å². The second kappa shape index (κ2) is 5.28. The van der Waals surface area contributed by atoms with Gasteiger partial charge >= 0.3 is 0 Å². The van der Waals surface area contributed by atoms with Gasteiger partial charge in [0.15, 0.2) is 0 Å². The number of hydrogen-bond acceptors (Lipinski definition) is 3. The standard InChI is InChI=1S/C12H25N3/c1-11(12-3-5-13-6-4-12)15-9-7-14(2)8-10-15/h11-13H,3-10H2,1-2H3/t11-/m1/s1. The Kier molecular flexibility index (Phi) is 4.00. The largest absolute Gasteiger partial charge is 0.317 e. The van der Waals surface area contributed by atoms with E-state index in [0.717, 1.165) is 12.0 Å². The van der Waals surface area contributed by atoms with E-state index in [1.807, 2.05) is 0 Å². The molecule has 0 spiro atoms.